The predicted molar refractivity (Wildman–Crippen MR) is 55.0 cm³/mol. The summed E-state index contributed by atoms with van der Waals surface area (Å²) >= 11 is 0. The normalized spacial score (nSPS) is 14.0. The summed E-state index contributed by atoms with van der Waals surface area (Å²) in [5.74, 6) is -0.730. The van der Waals surface area contributed by atoms with Gasteiger partial charge >= 0.3 is 5.97 Å². The number of rotatable bonds is 4. The van der Waals surface area contributed by atoms with Crippen molar-refractivity contribution in [1.82, 2.24) is 0 Å². The Labute approximate surface area is 88.0 Å². The molecule has 0 saturated carbocycles. The molecule has 1 aromatic rings. The highest BCUT2D eigenvalue weighted by Crippen LogP contribution is 2.17. The molecule has 4 heteroatoms. The average Bonchev–Trinajstić information content (AvgIpc) is 2.29. The van der Waals surface area contributed by atoms with Crippen LogP contribution in [0.5, 0.6) is 0 Å². The number of ether oxygens (including phenoxy) is 1. The van der Waals surface area contributed by atoms with Crippen LogP contribution in [-0.4, -0.2) is 18.9 Å². The van der Waals surface area contributed by atoms with Crippen molar-refractivity contribution >= 4 is 12.3 Å². The van der Waals surface area contributed by atoms with E-state index in [0.717, 1.165) is 0 Å². The highest BCUT2D eigenvalue weighted by molar-refractivity contribution is 5.99. The summed E-state index contributed by atoms with van der Waals surface area (Å²) in [6.45, 7) is 1.85. The number of esters is 1. The van der Waals surface area contributed by atoms with Crippen molar-refractivity contribution in [2.45, 2.75) is 12.5 Å². The summed E-state index contributed by atoms with van der Waals surface area (Å²) in [5.41, 5.74) is 4.44. The van der Waals surface area contributed by atoms with Gasteiger partial charge in [0.05, 0.1) is 6.61 Å². The Morgan fingerprint density at radius 3 is 2.53 bits per heavy atom. The summed E-state index contributed by atoms with van der Waals surface area (Å²) in [6.07, 6.45) is 0.403. The first-order valence-electron chi connectivity index (χ1n) is 4.63. The Kier molecular flexibility index (Phi) is 3.57. The summed E-state index contributed by atoms with van der Waals surface area (Å²) in [6, 6.07) is 8.43. The van der Waals surface area contributed by atoms with Crippen LogP contribution in [0.2, 0.25) is 0 Å². The first kappa shape index (κ1) is 11.4. The van der Waals surface area contributed by atoms with E-state index in [0.29, 0.717) is 11.8 Å². The van der Waals surface area contributed by atoms with Gasteiger partial charge in [-0.25, -0.2) is 4.79 Å². The minimum atomic E-state index is -1.70. The molecule has 0 aliphatic rings. The molecule has 1 aromatic carbocycles. The van der Waals surface area contributed by atoms with Crippen molar-refractivity contribution in [2.75, 3.05) is 6.61 Å². The number of hydrogen-bond donors (Lipinski definition) is 1. The molecule has 0 fully saturated rings. The van der Waals surface area contributed by atoms with Crippen LogP contribution >= 0.6 is 0 Å². The Morgan fingerprint density at radius 1 is 1.47 bits per heavy atom. The van der Waals surface area contributed by atoms with Gasteiger partial charge in [0.15, 0.2) is 11.8 Å². The first-order valence-corrected chi connectivity index (χ1v) is 4.63. The van der Waals surface area contributed by atoms with Gasteiger partial charge in [-0.3, -0.25) is 0 Å². The smallest absolute Gasteiger partial charge is 0.338 e. The fraction of sp³-hybridized carbons (Fsp3) is 0.273. The van der Waals surface area contributed by atoms with Gasteiger partial charge in [0.1, 0.15) is 0 Å². The summed E-state index contributed by atoms with van der Waals surface area (Å²) < 4.78 is 4.76. The Hall–Kier alpha value is -1.68. The molecule has 0 heterocycles. The lowest BCUT2D eigenvalue weighted by Gasteiger charge is -2.20. The maximum atomic E-state index is 11.5. The molecule has 0 aliphatic heterocycles. The molecule has 0 radical (unpaired) electrons. The fourth-order valence-corrected chi connectivity index (χ4v) is 1.20. The summed E-state index contributed by atoms with van der Waals surface area (Å²) in [5, 5.41) is 0. The quantitative estimate of drug-likeness (QED) is 0.446. The molecule has 15 heavy (non-hydrogen) atoms. The number of carbonyl (C=O) groups is 2. The lowest BCUT2D eigenvalue weighted by atomic mass is 9.93. The fourth-order valence-electron chi connectivity index (χ4n) is 1.20. The molecule has 2 N–H and O–H groups in total. The number of nitrogens with two attached hydrogens (primary N) is 1. The third-order valence-electron chi connectivity index (χ3n) is 2.05. The maximum Gasteiger partial charge on any atom is 0.338 e. The Balaban J connectivity index is 3.05. The summed E-state index contributed by atoms with van der Waals surface area (Å²) in [7, 11) is 0. The van der Waals surface area contributed by atoms with Gasteiger partial charge in [-0.1, -0.05) is 30.3 Å². The number of hydrogen-bond acceptors (Lipinski definition) is 4. The zero-order chi connectivity index (χ0) is 11.3. The molecule has 80 valence electrons. The van der Waals surface area contributed by atoms with Crippen molar-refractivity contribution in [3.8, 4) is 0 Å². The Morgan fingerprint density at radius 2 is 2.07 bits per heavy atom. The van der Waals surface area contributed by atoms with Gasteiger partial charge < -0.3 is 15.3 Å². The average molecular weight is 207 g/mol. The van der Waals surface area contributed by atoms with Crippen LogP contribution in [0.25, 0.3) is 0 Å². The van der Waals surface area contributed by atoms with E-state index in [1.54, 1.807) is 37.3 Å². The molecule has 0 amide bonds. The van der Waals surface area contributed by atoms with E-state index in [1.165, 1.54) is 0 Å². The number of aldehydes is 1. The van der Waals surface area contributed by atoms with E-state index < -0.39 is 11.5 Å². The lowest BCUT2D eigenvalue weighted by Crippen LogP contribution is -2.47. The molecule has 1 unspecified atom stereocenters. The topological polar surface area (TPSA) is 69.4 Å². The zero-order valence-electron chi connectivity index (χ0n) is 8.47. The van der Waals surface area contributed by atoms with E-state index >= 15 is 0 Å². The monoisotopic (exact) mass is 207 g/mol. The van der Waals surface area contributed by atoms with E-state index in [1.807, 2.05) is 0 Å². The molecule has 1 rings (SSSR count). The highest BCUT2D eigenvalue weighted by Gasteiger charge is 2.37. The van der Waals surface area contributed by atoms with Gasteiger partial charge in [-0.2, -0.15) is 0 Å². The minimum Gasteiger partial charge on any atom is -0.464 e. The van der Waals surface area contributed by atoms with Crippen LogP contribution in [0.15, 0.2) is 30.3 Å². The second kappa shape index (κ2) is 4.70. The largest absolute Gasteiger partial charge is 0.464 e. The second-order valence-corrected chi connectivity index (χ2v) is 3.07. The second-order valence-electron chi connectivity index (χ2n) is 3.07. The zero-order valence-corrected chi connectivity index (χ0v) is 8.47. The minimum absolute atomic E-state index is 0.193. The van der Waals surface area contributed by atoms with Crippen LogP contribution in [-0.2, 0) is 19.9 Å². The van der Waals surface area contributed by atoms with E-state index in [4.69, 9.17) is 10.5 Å². The van der Waals surface area contributed by atoms with Gasteiger partial charge in [0, 0.05) is 0 Å². The molecule has 1 atom stereocenters. The molecule has 0 bridgehead atoms. The Bertz CT molecular complexity index is 350. The van der Waals surface area contributed by atoms with E-state index in [2.05, 4.69) is 0 Å². The predicted octanol–water partition coefficient (Wildman–Crippen LogP) is 0.603. The van der Waals surface area contributed by atoms with Crippen molar-refractivity contribution in [3.63, 3.8) is 0 Å². The van der Waals surface area contributed by atoms with Crippen molar-refractivity contribution in [3.05, 3.63) is 35.9 Å². The molecule has 4 nitrogen and oxygen atoms in total. The third kappa shape index (κ3) is 2.22. The van der Waals surface area contributed by atoms with Gasteiger partial charge in [0.25, 0.3) is 0 Å². The van der Waals surface area contributed by atoms with Crippen LogP contribution in [0.3, 0.4) is 0 Å². The SMILES string of the molecule is CCOC(=O)C(N)(C=O)c1ccccc1. The summed E-state index contributed by atoms with van der Waals surface area (Å²) in [4.78, 5) is 22.4. The van der Waals surface area contributed by atoms with Crippen LogP contribution in [0, 0.1) is 0 Å². The van der Waals surface area contributed by atoms with Gasteiger partial charge in [-0.15, -0.1) is 0 Å². The van der Waals surface area contributed by atoms with Crippen molar-refractivity contribution < 1.29 is 14.3 Å². The van der Waals surface area contributed by atoms with Gasteiger partial charge in [-0.05, 0) is 12.5 Å². The first-order chi connectivity index (χ1) is 7.15. The van der Waals surface area contributed by atoms with Crippen LogP contribution < -0.4 is 5.73 Å². The maximum absolute atomic E-state index is 11.5. The molecular weight excluding hydrogens is 194 g/mol. The van der Waals surface area contributed by atoms with Gasteiger partial charge in [0.2, 0.25) is 0 Å². The number of benzene rings is 1. The molecule has 0 saturated heterocycles. The molecule has 0 spiro atoms. The van der Waals surface area contributed by atoms with E-state index in [9.17, 15) is 9.59 Å². The standard InChI is InChI=1S/C11H13NO3/c1-2-15-10(14)11(12,8-13)9-6-4-3-5-7-9/h3-8H,2,12H2,1H3. The third-order valence-corrected chi connectivity index (χ3v) is 2.05. The molecular formula is C11H13NO3. The van der Waals surface area contributed by atoms with Crippen LogP contribution in [0.1, 0.15) is 12.5 Å². The van der Waals surface area contributed by atoms with Crippen molar-refractivity contribution in [2.24, 2.45) is 5.73 Å². The van der Waals surface area contributed by atoms with Crippen molar-refractivity contribution in [1.29, 1.82) is 0 Å². The lowest BCUT2D eigenvalue weighted by molar-refractivity contribution is -0.151. The highest BCUT2D eigenvalue weighted by atomic mass is 16.5. The van der Waals surface area contributed by atoms with Crippen LogP contribution in [0.4, 0.5) is 0 Å². The molecule has 0 aliphatic carbocycles. The van der Waals surface area contributed by atoms with E-state index in [-0.39, 0.29) is 6.61 Å². The number of carbonyl (C=O) groups excluding carboxylic acids is 2. The molecule has 0 aromatic heterocycles.